The number of nitrogens with one attached hydrogen (secondary N) is 2. The van der Waals surface area contributed by atoms with E-state index in [0.29, 0.717) is 19.6 Å². The molecule has 150 valence electrons. The van der Waals surface area contributed by atoms with Crippen LogP contribution in [-0.4, -0.2) is 44.0 Å². The van der Waals surface area contributed by atoms with Gasteiger partial charge in [0, 0.05) is 32.7 Å². The van der Waals surface area contributed by atoms with Crippen LogP contribution in [0.2, 0.25) is 0 Å². The zero-order valence-corrected chi connectivity index (χ0v) is 16.9. The molecular formula is C22H30N4O2. The molecule has 0 unspecified atom stereocenters. The zero-order valence-electron chi connectivity index (χ0n) is 16.9. The van der Waals surface area contributed by atoms with E-state index in [1.54, 1.807) is 7.05 Å². The number of nitrogens with zero attached hydrogens (tertiary/aromatic N) is 2. The van der Waals surface area contributed by atoms with Crippen molar-refractivity contribution in [2.45, 2.75) is 26.3 Å². The van der Waals surface area contributed by atoms with Gasteiger partial charge in [0.1, 0.15) is 12.4 Å². The SMILES string of the molecule is CCCC(=O)Nc1ccc(CNC(=NC)N(C)CCOc2ccccc2)cc1. The van der Waals surface area contributed by atoms with Gasteiger partial charge in [-0.15, -0.1) is 0 Å². The van der Waals surface area contributed by atoms with Gasteiger partial charge in [-0.2, -0.15) is 0 Å². The largest absolute Gasteiger partial charge is 0.492 e. The maximum Gasteiger partial charge on any atom is 0.224 e. The molecule has 0 aromatic heterocycles. The van der Waals surface area contributed by atoms with Gasteiger partial charge in [0.2, 0.25) is 5.91 Å². The van der Waals surface area contributed by atoms with Crippen LogP contribution >= 0.6 is 0 Å². The van der Waals surface area contributed by atoms with Gasteiger partial charge in [-0.25, -0.2) is 0 Å². The van der Waals surface area contributed by atoms with E-state index in [-0.39, 0.29) is 5.91 Å². The Morgan fingerprint density at radius 1 is 1.11 bits per heavy atom. The van der Waals surface area contributed by atoms with Gasteiger partial charge >= 0.3 is 0 Å². The summed E-state index contributed by atoms with van der Waals surface area (Å²) in [6.45, 7) is 3.94. The summed E-state index contributed by atoms with van der Waals surface area (Å²) in [6, 6.07) is 17.6. The molecule has 0 fully saturated rings. The molecule has 0 saturated carbocycles. The molecule has 0 aliphatic rings. The highest BCUT2D eigenvalue weighted by atomic mass is 16.5. The number of guanidine groups is 1. The fourth-order valence-corrected chi connectivity index (χ4v) is 2.65. The molecule has 0 atom stereocenters. The lowest BCUT2D eigenvalue weighted by Crippen LogP contribution is -2.40. The molecule has 0 radical (unpaired) electrons. The standard InChI is InChI=1S/C22H30N4O2/c1-4-8-21(27)25-19-13-11-18(12-14-19)17-24-22(23-2)26(3)15-16-28-20-9-6-5-7-10-20/h5-7,9-14H,4,8,15-17H2,1-3H3,(H,23,24)(H,25,27). The van der Waals surface area contributed by atoms with E-state index in [4.69, 9.17) is 4.74 Å². The van der Waals surface area contributed by atoms with Crippen molar-refractivity contribution in [1.82, 2.24) is 10.2 Å². The molecule has 6 heteroatoms. The van der Waals surface area contributed by atoms with Crippen LogP contribution in [0.4, 0.5) is 5.69 Å². The predicted octanol–water partition coefficient (Wildman–Crippen LogP) is 3.51. The van der Waals surface area contributed by atoms with E-state index in [9.17, 15) is 4.79 Å². The van der Waals surface area contributed by atoms with Crippen molar-refractivity contribution in [3.63, 3.8) is 0 Å². The normalized spacial score (nSPS) is 11.0. The molecule has 2 aromatic rings. The average Bonchev–Trinajstić information content (AvgIpc) is 2.70. The van der Waals surface area contributed by atoms with Crippen molar-refractivity contribution in [3.8, 4) is 5.75 Å². The van der Waals surface area contributed by atoms with Crippen LogP contribution in [0.1, 0.15) is 25.3 Å². The average molecular weight is 383 g/mol. The van der Waals surface area contributed by atoms with Gasteiger partial charge < -0.3 is 20.3 Å². The maximum absolute atomic E-state index is 11.6. The minimum absolute atomic E-state index is 0.0492. The van der Waals surface area contributed by atoms with E-state index < -0.39 is 0 Å². The van der Waals surface area contributed by atoms with Crippen molar-refractivity contribution < 1.29 is 9.53 Å². The van der Waals surface area contributed by atoms with Crippen LogP contribution in [0.15, 0.2) is 59.6 Å². The number of hydrogen-bond donors (Lipinski definition) is 2. The molecule has 0 heterocycles. The first kappa shape index (κ1) is 21.3. The van der Waals surface area contributed by atoms with Gasteiger partial charge in [-0.3, -0.25) is 9.79 Å². The van der Waals surface area contributed by atoms with E-state index in [1.165, 1.54) is 0 Å². The summed E-state index contributed by atoms with van der Waals surface area (Å²) in [4.78, 5) is 18.0. The summed E-state index contributed by atoms with van der Waals surface area (Å²) < 4.78 is 5.74. The maximum atomic E-state index is 11.6. The molecule has 0 bridgehead atoms. The lowest BCUT2D eigenvalue weighted by Gasteiger charge is -2.22. The number of carbonyl (C=O) groups excluding carboxylic acids is 1. The van der Waals surface area contributed by atoms with Crippen LogP contribution < -0.4 is 15.4 Å². The Labute approximate surface area is 167 Å². The number of rotatable bonds is 9. The minimum Gasteiger partial charge on any atom is -0.492 e. The van der Waals surface area contributed by atoms with Crippen molar-refractivity contribution in [3.05, 3.63) is 60.2 Å². The first-order valence-corrected chi connectivity index (χ1v) is 9.60. The molecule has 2 N–H and O–H groups in total. The third-order valence-corrected chi connectivity index (χ3v) is 4.18. The van der Waals surface area contributed by atoms with Gasteiger partial charge in [-0.05, 0) is 36.2 Å². The van der Waals surface area contributed by atoms with Crippen LogP contribution in [-0.2, 0) is 11.3 Å². The Morgan fingerprint density at radius 2 is 1.82 bits per heavy atom. The topological polar surface area (TPSA) is 66.0 Å². The first-order chi connectivity index (χ1) is 13.6. The van der Waals surface area contributed by atoms with Crippen molar-refractivity contribution in [2.75, 3.05) is 32.6 Å². The van der Waals surface area contributed by atoms with Gasteiger partial charge in [0.15, 0.2) is 5.96 Å². The molecule has 6 nitrogen and oxygen atoms in total. The Hall–Kier alpha value is -3.02. The fraction of sp³-hybridized carbons (Fsp3) is 0.364. The second-order valence-corrected chi connectivity index (χ2v) is 6.48. The second-order valence-electron chi connectivity index (χ2n) is 6.48. The lowest BCUT2D eigenvalue weighted by atomic mass is 10.2. The zero-order chi connectivity index (χ0) is 20.2. The summed E-state index contributed by atoms with van der Waals surface area (Å²) in [7, 11) is 3.75. The number of likely N-dealkylation sites (N-methyl/N-ethyl adjacent to an activating group) is 1. The van der Waals surface area contributed by atoms with Crippen LogP contribution in [0.5, 0.6) is 5.75 Å². The highest BCUT2D eigenvalue weighted by Gasteiger charge is 2.06. The van der Waals surface area contributed by atoms with E-state index in [2.05, 4.69) is 15.6 Å². The fourth-order valence-electron chi connectivity index (χ4n) is 2.65. The molecule has 0 saturated heterocycles. The molecule has 2 aromatic carbocycles. The number of hydrogen-bond acceptors (Lipinski definition) is 3. The number of benzene rings is 2. The highest BCUT2D eigenvalue weighted by molar-refractivity contribution is 5.90. The summed E-state index contributed by atoms with van der Waals surface area (Å²) in [5.74, 6) is 1.72. The number of anilines is 1. The number of para-hydroxylation sites is 1. The van der Waals surface area contributed by atoms with E-state index >= 15 is 0 Å². The summed E-state index contributed by atoms with van der Waals surface area (Å²) >= 11 is 0. The molecule has 0 aliphatic carbocycles. The second kappa shape index (κ2) is 11.6. The Morgan fingerprint density at radius 3 is 2.46 bits per heavy atom. The summed E-state index contributed by atoms with van der Waals surface area (Å²) in [5, 5.41) is 6.24. The molecular weight excluding hydrogens is 352 g/mol. The Kier molecular flexibility index (Phi) is 8.85. The monoisotopic (exact) mass is 382 g/mol. The number of aliphatic imine (C=N–C) groups is 1. The van der Waals surface area contributed by atoms with Crippen molar-refractivity contribution >= 4 is 17.6 Å². The van der Waals surface area contributed by atoms with Gasteiger partial charge in [0.05, 0.1) is 6.54 Å². The molecule has 28 heavy (non-hydrogen) atoms. The van der Waals surface area contributed by atoms with Gasteiger partial charge in [0.25, 0.3) is 0 Å². The molecule has 2 rings (SSSR count). The smallest absolute Gasteiger partial charge is 0.224 e. The third-order valence-electron chi connectivity index (χ3n) is 4.18. The summed E-state index contributed by atoms with van der Waals surface area (Å²) in [5.41, 5.74) is 1.94. The molecule has 0 spiro atoms. The summed E-state index contributed by atoms with van der Waals surface area (Å²) in [6.07, 6.45) is 1.39. The third kappa shape index (κ3) is 7.31. The number of carbonyl (C=O) groups is 1. The number of ether oxygens (including phenoxy) is 1. The van der Waals surface area contributed by atoms with Crippen LogP contribution in [0, 0.1) is 0 Å². The first-order valence-electron chi connectivity index (χ1n) is 9.60. The quantitative estimate of drug-likeness (QED) is 0.514. The van der Waals surface area contributed by atoms with Crippen LogP contribution in [0.3, 0.4) is 0 Å². The molecule has 0 aliphatic heterocycles. The van der Waals surface area contributed by atoms with Crippen molar-refractivity contribution in [2.24, 2.45) is 4.99 Å². The number of amides is 1. The van der Waals surface area contributed by atoms with E-state index in [0.717, 1.165) is 35.9 Å². The molecule has 1 amide bonds. The Balaban J connectivity index is 1.76. The Bertz CT molecular complexity index is 745. The minimum atomic E-state index is 0.0492. The highest BCUT2D eigenvalue weighted by Crippen LogP contribution is 2.11. The predicted molar refractivity (Wildman–Crippen MR) is 115 cm³/mol. The van der Waals surface area contributed by atoms with Gasteiger partial charge in [-0.1, -0.05) is 37.3 Å². The lowest BCUT2D eigenvalue weighted by molar-refractivity contribution is -0.116. The van der Waals surface area contributed by atoms with E-state index in [1.807, 2.05) is 73.5 Å². The van der Waals surface area contributed by atoms with Crippen LogP contribution in [0.25, 0.3) is 0 Å². The van der Waals surface area contributed by atoms with Crippen molar-refractivity contribution in [1.29, 1.82) is 0 Å².